The van der Waals surface area contributed by atoms with E-state index in [9.17, 15) is 13.2 Å². The van der Waals surface area contributed by atoms with Crippen molar-refractivity contribution < 1.29 is 17.9 Å². The van der Waals surface area contributed by atoms with Crippen LogP contribution >= 0.6 is 23.4 Å². The van der Waals surface area contributed by atoms with E-state index in [1.54, 1.807) is 42.1 Å². The van der Waals surface area contributed by atoms with Crippen LogP contribution in [0.1, 0.15) is 12.0 Å². The average Bonchev–Trinajstić information content (AvgIpc) is 2.84. The number of methoxy groups -OCH3 is 1. The lowest BCUT2D eigenvalue weighted by Gasteiger charge is -2.24. The number of amides is 1. The number of carbonyl (C=O) groups is 1. The molecule has 34 heavy (non-hydrogen) atoms. The van der Waals surface area contributed by atoms with Gasteiger partial charge in [0.15, 0.2) is 0 Å². The molecule has 1 N–H and O–H groups in total. The van der Waals surface area contributed by atoms with E-state index in [1.165, 1.54) is 35.8 Å². The standard InChI is InChI=1S/C25H27ClN2O4S2/c1-19-9-12-21(13-10-19)33-16-6-15-27-25(29)18-28(20-11-14-24(32-2)23(26)17-20)34(30,31)22-7-4-3-5-8-22/h3-5,7-14,17H,6,15-16,18H2,1-2H3,(H,27,29). The maximum Gasteiger partial charge on any atom is 0.264 e. The highest BCUT2D eigenvalue weighted by Gasteiger charge is 2.27. The fourth-order valence-electron chi connectivity index (χ4n) is 3.16. The highest BCUT2D eigenvalue weighted by Crippen LogP contribution is 2.31. The van der Waals surface area contributed by atoms with E-state index in [0.29, 0.717) is 12.3 Å². The van der Waals surface area contributed by atoms with Gasteiger partial charge in [0.2, 0.25) is 5.91 Å². The van der Waals surface area contributed by atoms with Gasteiger partial charge in [-0.3, -0.25) is 9.10 Å². The normalized spacial score (nSPS) is 11.1. The second-order valence-electron chi connectivity index (χ2n) is 7.51. The first-order valence-corrected chi connectivity index (χ1v) is 13.5. The van der Waals surface area contributed by atoms with Crippen molar-refractivity contribution in [3.63, 3.8) is 0 Å². The number of benzene rings is 3. The Morgan fingerprint density at radius 3 is 2.41 bits per heavy atom. The summed E-state index contributed by atoms with van der Waals surface area (Å²) in [6.07, 6.45) is 0.754. The summed E-state index contributed by atoms with van der Waals surface area (Å²) in [5.41, 5.74) is 1.49. The van der Waals surface area contributed by atoms with E-state index < -0.39 is 15.9 Å². The smallest absolute Gasteiger partial charge is 0.264 e. The SMILES string of the molecule is COc1ccc(N(CC(=O)NCCCSc2ccc(C)cc2)S(=O)(=O)c2ccccc2)cc1Cl. The van der Waals surface area contributed by atoms with E-state index in [2.05, 4.69) is 29.6 Å². The Bertz CT molecular complexity index is 1200. The lowest BCUT2D eigenvalue weighted by Crippen LogP contribution is -2.41. The van der Waals surface area contributed by atoms with Gasteiger partial charge in [-0.1, -0.05) is 47.5 Å². The van der Waals surface area contributed by atoms with Crippen molar-refractivity contribution in [1.29, 1.82) is 0 Å². The second kappa shape index (κ2) is 12.1. The minimum absolute atomic E-state index is 0.0873. The molecule has 0 saturated heterocycles. The Kier molecular flexibility index (Phi) is 9.27. The summed E-state index contributed by atoms with van der Waals surface area (Å²) >= 11 is 7.95. The van der Waals surface area contributed by atoms with E-state index >= 15 is 0 Å². The summed E-state index contributed by atoms with van der Waals surface area (Å²) in [6, 6.07) is 20.9. The molecule has 9 heteroatoms. The molecular weight excluding hydrogens is 492 g/mol. The number of rotatable bonds is 11. The van der Waals surface area contributed by atoms with Gasteiger partial charge in [-0.25, -0.2) is 8.42 Å². The molecule has 0 heterocycles. The molecular formula is C25H27ClN2O4S2. The van der Waals surface area contributed by atoms with Crippen molar-refractivity contribution in [2.75, 3.05) is 30.3 Å². The number of nitrogens with zero attached hydrogens (tertiary/aromatic N) is 1. The minimum atomic E-state index is -3.99. The predicted molar refractivity (Wildman–Crippen MR) is 139 cm³/mol. The number of nitrogens with one attached hydrogen (secondary N) is 1. The molecule has 0 saturated carbocycles. The van der Waals surface area contributed by atoms with Gasteiger partial charge in [-0.2, -0.15) is 0 Å². The number of hydrogen-bond acceptors (Lipinski definition) is 5. The zero-order chi connectivity index (χ0) is 24.6. The van der Waals surface area contributed by atoms with E-state index in [1.807, 2.05) is 6.92 Å². The Hall–Kier alpha value is -2.68. The molecule has 0 aromatic heterocycles. The lowest BCUT2D eigenvalue weighted by molar-refractivity contribution is -0.119. The highest BCUT2D eigenvalue weighted by atomic mass is 35.5. The van der Waals surface area contributed by atoms with Crippen LogP contribution < -0.4 is 14.4 Å². The van der Waals surface area contributed by atoms with Crippen LogP contribution in [0.3, 0.4) is 0 Å². The molecule has 1 amide bonds. The van der Waals surface area contributed by atoms with Gasteiger partial charge in [-0.15, -0.1) is 11.8 Å². The van der Waals surface area contributed by atoms with Crippen molar-refractivity contribution in [1.82, 2.24) is 5.32 Å². The van der Waals surface area contributed by atoms with E-state index in [0.717, 1.165) is 16.5 Å². The van der Waals surface area contributed by atoms with Gasteiger partial charge in [-0.05, 0) is 61.6 Å². The van der Waals surface area contributed by atoms with Crippen molar-refractivity contribution in [3.8, 4) is 5.75 Å². The van der Waals surface area contributed by atoms with Gasteiger partial charge < -0.3 is 10.1 Å². The third-order valence-electron chi connectivity index (χ3n) is 4.97. The van der Waals surface area contributed by atoms with E-state index in [4.69, 9.17) is 16.3 Å². The Labute approximate surface area is 210 Å². The van der Waals surface area contributed by atoms with Crippen LogP contribution in [0.25, 0.3) is 0 Å². The molecule has 0 fully saturated rings. The molecule has 0 atom stereocenters. The molecule has 0 unspecified atom stereocenters. The molecule has 180 valence electrons. The van der Waals surface area contributed by atoms with Gasteiger partial charge in [0.1, 0.15) is 12.3 Å². The Morgan fingerprint density at radius 1 is 1.06 bits per heavy atom. The molecule has 3 aromatic carbocycles. The third-order valence-corrected chi connectivity index (χ3v) is 8.16. The van der Waals surface area contributed by atoms with Crippen molar-refractivity contribution in [2.24, 2.45) is 0 Å². The van der Waals surface area contributed by atoms with Crippen LogP contribution in [0.5, 0.6) is 5.75 Å². The summed E-state index contributed by atoms with van der Waals surface area (Å²) < 4.78 is 32.9. The molecule has 0 aliphatic rings. The lowest BCUT2D eigenvalue weighted by atomic mass is 10.2. The summed E-state index contributed by atoms with van der Waals surface area (Å²) in [6.45, 7) is 2.12. The van der Waals surface area contributed by atoms with Crippen LogP contribution in [0.15, 0.2) is 82.6 Å². The number of thioether (sulfide) groups is 1. The van der Waals surface area contributed by atoms with Crippen molar-refractivity contribution in [2.45, 2.75) is 23.1 Å². The second-order valence-corrected chi connectivity index (χ2v) is 10.9. The summed E-state index contributed by atoms with van der Waals surface area (Å²) in [5.74, 6) is 0.855. The predicted octanol–water partition coefficient (Wildman–Crippen LogP) is 5.15. The summed E-state index contributed by atoms with van der Waals surface area (Å²) in [7, 11) is -2.52. The number of carbonyl (C=O) groups excluding carboxylic acids is 1. The first-order chi connectivity index (χ1) is 16.3. The molecule has 0 bridgehead atoms. The fraction of sp³-hybridized carbons (Fsp3) is 0.240. The van der Waals surface area contributed by atoms with Gasteiger partial charge in [0.05, 0.1) is 22.7 Å². The summed E-state index contributed by atoms with van der Waals surface area (Å²) in [5, 5.41) is 3.07. The van der Waals surface area contributed by atoms with Gasteiger partial charge in [0, 0.05) is 11.4 Å². The fourth-order valence-corrected chi connectivity index (χ4v) is 5.69. The number of aryl methyl sites for hydroxylation is 1. The molecule has 0 aliphatic heterocycles. The monoisotopic (exact) mass is 518 g/mol. The van der Waals surface area contributed by atoms with Crippen molar-refractivity contribution >= 4 is 45.0 Å². The first kappa shape index (κ1) is 25.9. The number of hydrogen-bond donors (Lipinski definition) is 1. The van der Waals surface area contributed by atoms with Crippen LogP contribution in [-0.4, -0.2) is 40.3 Å². The number of halogens is 1. The molecule has 3 aromatic rings. The molecule has 3 rings (SSSR count). The molecule has 6 nitrogen and oxygen atoms in total. The molecule has 0 aliphatic carbocycles. The van der Waals surface area contributed by atoms with Gasteiger partial charge in [0.25, 0.3) is 10.0 Å². The zero-order valence-corrected chi connectivity index (χ0v) is 21.4. The van der Waals surface area contributed by atoms with Crippen molar-refractivity contribution in [3.05, 3.63) is 83.4 Å². The molecule has 0 spiro atoms. The zero-order valence-electron chi connectivity index (χ0n) is 19.0. The van der Waals surface area contributed by atoms with E-state index in [-0.39, 0.29) is 22.2 Å². The third kappa shape index (κ3) is 6.91. The average molecular weight is 519 g/mol. The molecule has 0 radical (unpaired) electrons. The van der Waals surface area contributed by atoms with Crippen LogP contribution in [0.4, 0.5) is 5.69 Å². The number of ether oxygens (including phenoxy) is 1. The Morgan fingerprint density at radius 2 is 1.76 bits per heavy atom. The van der Waals surface area contributed by atoms with Crippen LogP contribution in [0.2, 0.25) is 5.02 Å². The maximum absolute atomic E-state index is 13.4. The first-order valence-electron chi connectivity index (χ1n) is 10.7. The Balaban J connectivity index is 1.67. The minimum Gasteiger partial charge on any atom is -0.495 e. The highest BCUT2D eigenvalue weighted by molar-refractivity contribution is 7.99. The largest absolute Gasteiger partial charge is 0.495 e. The maximum atomic E-state index is 13.4. The topological polar surface area (TPSA) is 75.7 Å². The van der Waals surface area contributed by atoms with Crippen LogP contribution in [0, 0.1) is 6.92 Å². The summed E-state index contributed by atoms with van der Waals surface area (Å²) in [4.78, 5) is 14.0. The number of anilines is 1. The van der Waals surface area contributed by atoms with Crippen LogP contribution in [-0.2, 0) is 14.8 Å². The number of sulfonamides is 1. The quantitative estimate of drug-likeness (QED) is 0.280. The van der Waals surface area contributed by atoms with Gasteiger partial charge >= 0.3 is 0 Å².